The molecule has 0 fully saturated rings. The minimum Gasteiger partial charge on any atom is -0.466 e. The fraction of sp³-hybridized carbons (Fsp3) is 0.855. The number of nitrogens with one attached hydrogen (secondary N) is 1. The molecule has 6 heteroatoms. The lowest BCUT2D eigenvalue weighted by Crippen LogP contribution is -2.45. The summed E-state index contributed by atoms with van der Waals surface area (Å²) in [5.41, 5.74) is 0. The van der Waals surface area contributed by atoms with E-state index in [1.807, 2.05) is 6.08 Å². The van der Waals surface area contributed by atoms with E-state index in [0.717, 1.165) is 51.4 Å². The van der Waals surface area contributed by atoms with E-state index in [-0.39, 0.29) is 18.5 Å². The zero-order valence-electron chi connectivity index (χ0n) is 50.3. The topological polar surface area (TPSA) is 95.9 Å². The van der Waals surface area contributed by atoms with Crippen molar-refractivity contribution in [1.29, 1.82) is 0 Å². The number of esters is 1. The molecule has 0 aliphatic carbocycles. The van der Waals surface area contributed by atoms with Crippen LogP contribution in [0, 0.1) is 0 Å². The molecule has 2 unspecified atom stereocenters. The van der Waals surface area contributed by atoms with Crippen molar-refractivity contribution in [1.82, 2.24) is 5.32 Å². The zero-order chi connectivity index (χ0) is 54.3. The van der Waals surface area contributed by atoms with Gasteiger partial charge < -0.3 is 20.3 Å². The van der Waals surface area contributed by atoms with Crippen molar-refractivity contribution in [2.45, 2.75) is 366 Å². The summed E-state index contributed by atoms with van der Waals surface area (Å²) in [6, 6.07) is -0.633. The molecule has 2 atom stereocenters. The van der Waals surface area contributed by atoms with Crippen LogP contribution in [0.25, 0.3) is 0 Å². The molecule has 0 bridgehead atoms. The number of carbonyl (C=O) groups is 2. The fourth-order valence-electron chi connectivity index (χ4n) is 10.2. The van der Waals surface area contributed by atoms with Crippen LogP contribution in [0.15, 0.2) is 48.6 Å². The fourth-order valence-corrected chi connectivity index (χ4v) is 10.2. The van der Waals surface area contributed by atoms with Crippen molar-refractivity contribution >= 4 is 11.9 Å². The molecule has 0 aliphatic heterocycles. The first-order chi connectivity index (χ1) is 37.0. The number of aliphatic hydroxyl groups is 2. The van der Waals surface area contributed by atoms with Gasteiger partial charge in [0.25, 0.3) is 0 Å². The van der Waals surface area contributed by atoms with E-state index in [1.54, 1.807) is 6.08 Å². The number of hydrogen-bond donors (Lipinski definition) is 3. The summed E-state index contributed by atoms with van der Waals surface area (Å²) in [7, 11) is 0. The highest BCUT2D eigenvalue weighted by Gasteiger charge is 2.18. The Balaban J connectivity index is 3.43. The minimum atomic E-state index is -0.849. The Bertz CT molecular complexity index is 1260. The SMILES string of the molecule is CCCCCCCC/C=C\CCCCCCCCCCCC(=O)OCCCCCCCCCCC/C=C\C/C=C\CCCCCCCCCCCC(=O)NC(CO)C(O)/C=C/CCCCCCCCCCCCCC. The number of hydrogen-bond acceptors (Lipinski definition) is 5. The van der Waals surface area contributed by atoms with Crippen LogP contribution in [0.4, 0.5) is 0 Å². The highest BCUT2D eigenvalue weighted by molar-refractivity contribution is 5.76. The molecule has 0 aromatic carbocycles. The first-order valence-corrected chi connectivity index (χ1v) is 33.4. The minimum absolute atomic E-state index is 0.00810. The van der Waals surface area contributed by atoms with Crippen LogP contribution in [-0.2, 0) is 14.3 Å². The molecule has 440 valence electrons. The van der Waals surface area contributed by atoms with Gasteiger partial charge in [0.05, 0.1) is 25.4 Å². The van der Waals surface area contributed by atoms with Crippen LogP contribution in [0.3, 0.4) is 0 Å². The van der Waals surface area contributed by atoms with E-state index in [4.69, 9.17) is 4.74 Å². The molecule has 0 spiro atoms. The number of rotatable bonds is 62. The van der Waals surface area contributed by atoms with Crippen LogP contribution in [0.5, 0.6) is 0 Å². The van der Waals surface area contributed by atoms with E-state index < -0.39 is 12.1 Å². The average molecular weight is 1050 g/mol. The molecule has 0 radical (unpaired) electrons. The van der Waals surface area contributed by atoms with Crippen LogP contribution in [0.2, 0.25) is 0 Å². The second-order valence-electron chi connectivity index (χ2n) is 22.8. The second-order valence-corrected chi connectivity index (χ2v) is 22.8. The molecule has 6 nitrogen and oxygen atoms in total. The highest BCUT2D eigenvalue weighted by Crippen LogP contribution is 2.17. The third kappa shape index (κ3) is 60.9. The number of ether oxygens (including phenoxy) is 1. The summed E-state index contributed by atoms with van der Waals surface area (Å²) < 4.78 is 5.50. The molecule has 3 N–H and O–H groups in total. The molecular weight excluding hydrogens is 923 g/mol. The molecule has 0 aromatic rings. The highest BCUT2D eigenvalue weighted by atomic mass is 16.5. The van der Waals surface area contributed by atoms with E-state index in [9.17, 15) is 19.8 Å². The normalized spacial score (nSPS) is 12.9. The van der Waals surface area contributed by atoms with Crippen LogP contribution in [-0.4, -0.2) is 47.4 Å². The van der Waals surface area contributed by atoms with Crippen LogP contribution < -0.4 is 5.32 Å². The standard InChI is InChI=1S/C69H129NO5/c1-3-5-7-9-11-13-15-17-19-20-28-32-35-39-43-47-51-55-59-63-69(74)75-64-60-56-52-48-44-40-36-33-30-27-25-23-21-22-24-26-29-31-34-38-42-46-50-54-58-62-68(73)70-66(65-71)67(72)61-57-53-49-45-41-37-18-16-14-12-10-8-6-4-2/h17,19,22-25,57,61,66-67,71-72H,3-16,18,20-21,26-56,58-60,62-65H2,1-2H3,(H,70,73)/b19-17-,24-22-,25-23-,61-57+. The van der Waals surface area contributed by atoms with E-state index in [1.165, 1.54) is 276 Å². The molecule has 0 saturated heterocycles. The zero-order valence-corrected chi connectivity index (χ0v) is 50.3. The predicted octanol–water partition coefficient (Wildman–Crippen LogP) is 21.3. The Kier molecular flexibility index (Phi) is 62.5. The first kappa shape index (κ1) is 72.8. The van der Waals surface area contributed by atoms with Crippen LogP contribution >= 0.6 is 0 Å². The summed E-state index contributed by atoms with van der Waals surface area (Å²) in [5, 5.41) is 23.1. The lowest BCUT2D eigenvalue weighted by atomic mass is 10.0. The Hall–Kier alpha value is -2.18. The van der Waals surface area contributed by atoms with E-state index >= 15 is 0 Å². The monoisotopic (exact) mass is 1050 g/mol. The smallest absolute Gasteiger partial charge is 0.305 e. The van der Waals surface area contributed by atoms with Crippen molar-refractivity contribution in [2.75, 3.05) is 13.2 Å². The first-order valence-electron chi connectivity index (χ1n) is 33.4. The molecule has 0 rings (SSSR count). The lowest BCUT2D eigenvalue weighted by Gasteiger charge is -2.20. The molecule has 0 heterocycles. The van der Waals surface area contributed by atoms with Gasteiger partial charge in [-0.1, -0.05) is 300 Å². The van der Waals surface area contributed by atoms with E-state index in [2.05, 4.69) is 55.6 Å². The van der Waals surface area contributed by atoms with Gasteiger partial charge in [-0.25, -0.2) is 0 Å². The summed E-state index contributed by atoms with van der Waals surface area (Å²) >= 11 is 0. The van der Waals surface area contributed by atoms with Gasteiger partial charge in [0, 0.05) is 12.8 Å². The van der Waals surface area contributed by atoms with Gasteiger partial charge in [-0.2, -0.15) is 0 Å². The van der Waals surface area contributed by atoms with Crippen LogP contribution in [0.1, 0.15) is 354 Å². The van der Waals surface area contributed by atoms with Gasteiger partial charge in [-0.05, 0) is 89.9 Å². The van der Waals surface area contributed by atoms with Crippen molar-refractivity contribution in [3.63, 3.8) is 0 Å². The van der Waals surface area contributed by atoms with Crippen molar-refractivity contribution in [2.24, 2.45) is 0 Å². The number of unbranched alkanes of at least 4 members (excludes halogenated alkanes) is 45. The largest absolute Gasteiger partial charge is 0.466 e. The number of carbonyl (C=O) groups excluding carboxylic acids is 2. The quantitative estimate of drug-likeness (QED) is 0.0320. The summed E-state index contributed by atoms with van der Waals surface area (Å²) in [6.07, 6.45) is 83.1. The molecule has 0 aliphatic rings. The molecular formula is C69H129NO5. The van der Waals surface area contributed by atoms with Gasteiger partial charge in [-0.3, -0.25) is 9.59 Å². The van der Waals surface area contributed by atoms with Crippen molar-refractivity contribution in [3.05, 3.63) is 48.6 Å². The number of allylic oxidation sites excluding steroid dienone is 7. The molecule has 0 aromatic heterocycles. The lowest BCUT2D eigenvalue weighted by molar-refractivity contribution is -0.143. The van der Waals surface area contributed by atoms with Gasteiger partial charge in [-0.15, -0.1) is 0 Å². The third-order valence-corrected chi connectivity index (χ3v) is 15.3. The van der Waals surface area contributed by atoms with Gasteiger partial charge in [0.1, 0.15) is 0 Å². The predicted molar refractivity (Wildman–Crippen MR) is 329 cm³/mol. The maximum Gasteiger partial charge on any atom is 0.305 e. The Morgan fingerprint density at radius 1 is 0.373 bits per heavy atom. The third-order valence-electron chi connectivity index (χ3n) is 15.3. The Labute approximate surface area is 467 Å². The number of aliphatic hydroxyl groups excluding tert-OH is 2. The number of amides is 1. The second kappa shape index (κ2) is 64.3. The van der Waals surface area contributed by atoms with Gasteiger partial charge in [0.15, 0.2) is 0 Å². The molecule has 0 saturated carbocycles. The van der Waals surface area contributed by atoms with Crippen molar-refractivity contribution in [3.8, 4) is 0 Å². The average Bonchev–Trinajstić information content (AvgIpc) is 3.41. The van der Waals surface area contributed by atoms with E-state index in [0.29, 0.717) is 19.4 Å². The maximum atomic E-state index is 12.5. The van der Waals surface area contributed by atoms with Gasteiger partial charge in [0.2, 0.25) is 5.91 Å². The summed E-state index contributed by atoms with van der Waals surface area (Å²) in [6.45, 7) is 4.91. The Morgan fingerprint density at radius 3 is 1.03 bits per heavy atom. The molecule has 1 amide bonds. The maximum absolute atomic E-state index is 12.5. The van der Waals surface area contributed by atoms with Crippen molar-refractivity contribution < 1.29 is 24.5 Å². The summed E-state index contributed by atoms with van der Waals surface area (Å²) in [4.78, 5) is 24.6. The molecule has 75 heavy (non-hydrogen) atoms. The Morgan fingerprint density at radius 2 is 0.667 bits per heavy atom. The summed E-state index contributed by atoms with van der Waals surface area (Å²) in [5.74, 6) is -0.0655. The van der Waals surface area contributed by atoms with Gasteiger partial charge >= 0.3 is 5.97 Å².